The van der Waals surface area contributed by atoms with Crippen molar-refractivity contribution in [3.05, 3.63) is 29.6 Å². The average Bonchev–Trinajstić information content (AvgIpc) is 2.03. The molecule has 2 N–H and O–H groups in total. The molecule has 1 atom stereocenters. The van der Waals surface area contributed by atoms with Crippen LogP contribution in [0.5, 0.6) is 5.75 Å². The Labute approximate surface area is 71.1 Å². The Morgan fingerprint density at radius 2 is 2.08 bits per heavy atom. The lowest BCUT2D eigenvalue weighted by Gasteiger charge is -2.07. The van der Waals surface area contributed by atoms with Crippen molar-refractivity contribution in [1.29, 1.82) is 0 Å². The molecule has 0 saturated carbocycles. The molecule has 0 aliphatic carbocycles. The molecule has 66 valence electrons. The van der Waals surface area contributed by atoms with Gasteiger partial charge in [0.05, 0.1) is 7.11 Å². The van der Waals surface area contributed by atoms with Crippen LogP contribution >= 0.6 is 0 Å². The molecule has 0 aromatic heterocycles. The summed E-state index contributed by atoms with van der Waals surface area (Å²) in [6.45, 7) is 1.80. The number of nitrogens with two attached hydrogens (primary N) is 1. The van der Waals surface area contributed by atoms with Crippen molar-refractivity contribution in [3.8, 4) is 5.75 Å². The third-order valence-electron chi connectivity index (χ3n) is 1.66. The van der Waals surface area contributed by atoms with Crippen molar-refractivity contribution in [2.24, 2.45) is 5.73 Å². The molecule has 0 bridgehead atoms. The molecule has 12 heavy (non-hydrogen) atoms. The lowest BCUT2D eigenvalue weighted by Crippen LogP contribution is -2.05. The molecule has 0 fully saturated rings. The molecule has 0 aliphatic rings. The van der Waals surface area contributed by atoms with Gasteiger partial charge in [0, 0.05) is 12.1 Å². The Morgan fingerprint density at radius 3 is 2.58 bits per heavy atom. The van der Waals surface area contributed by atoms with E-state index in [1.807, 2.05) is 0 Å². The highest BCUT2D eigenvalue weighted by atomic mass is 19.1. The van der Waals surface area contributed by atoms with E-state index >= 15 is 0 Å². The summed E-state index contributed by atoms with van der Waals surface area (Å²) in [5, 5.41) is 0. The second-order valence-electron chi connectivity index (χ2n) is 2.71. The lowest BCUT2D eigenvalue weighted by atomic mass is 10.1. The largest absolute Gasteiger partial charge is 0.497 e. The second-order valence-corrected chi connectivity index (χ2v) is 2.71. The number of rotatable bonds is 2. The summed E-state index contributed by atoms with van der Waals surface area (Å²) in [6.07, 6.45) is 0. The number of halogens is 1. The zero-order valence-electron chi connectivity index (χ0n) is 7.17. The first kappa shape index (κ1) is 9.00. The van der Waals surface area contributed by atoms with Gasteiger partial charge in [-0.2, -0.15) is 0 Å². The Kier molecular flexibility index (Phi) is 2.65. The first-order chi connectivity index (χ1) is 5.63. The smallest absolute Gasteiger partial charge is 0.127 e. The van der Waals surface area contributed by atoms with Gasteiger partial charge < -0.3 is 10.5 Å². The van der Waals surface area contributed by atoms with E-state index in [-0.39, 0.29) is 11.9 Å². The van der Waals surface area contributed by atoms with E-state index in [0.29, 0.717) is 5.75 Å². The van der Waals surface area contributed by atoms with Crippen molar-refractivity contribution < 1.29 is 9.13 Å². The maximum atomic E-state index is 12.8. The number of methoxy groups -OCH3 is 1. The van der Waals surface area contributed by atoms with Crippen molar-refractivity contribution in [2.75, 3.05) is 7.11 Å². The number of benzene rings is 1. The molecule has 0 aliphatic heterocycles. The Bertz CT molecular complexity index is 273. The second kappa shape index (κ2) is 3.54. The molecule has 0 radical (unpaired) electrons. The fourth-order valence-electron chi connectivity index (χ4n) is 0.965. The number of ether oxygens (including phenoxy) is 1. The van der Waals surface area contributed by atoms with Gasteiger partial charge in [0.25, 0.3) is 0 Å². The predicted octanol–water partition coefficient (Wildman–Crippen LogP) is 1.85. The Hall–Kier alpha value is -1.09. The van der Waals surface area contributed by atoms with E-state index in [4.69, 9.17) is 10.5 Å². The van der Waals surface area contributed by atoms with Gasteiger partial charge in [-0.25, -0.2) is 4.39 Å². The highest BCUT2D eigenvalue weighted by molar-refractivity contribution is 5.31. The van der Waals surface area contributed by atoms with Gasteiger partial charge in [-0.15, -0.1) is 0 Å². The summed E-state index contributed by atoms with van der Waals surface area (Å²) < 4.78 is 17.7. The van der Waals surface area contributed by atoms with Crippen LogP contribution in [0, 0.1) is 5.82 Å². The first-order valence-corrected chi connectivity index (χ1v) is 3.73. The van der Waals surface area contributed by atoms with Gasteiger partial charge in [-0.05, 0) is 24.6 Å². The summed E-state index contributed by atoms with van der Waals surface area (Å²) in [5.74, 6) is 0.184. The van der Waals surface area contributed by atoms with Crippen LogP contribution in [-0.4, -0.2) is 7.11 Å². The normalized spacial score (nSPS) is 12.7. The van der Waals surface area contributed by atoms with Crippen LogP contribution in [0.3, 0.4) is 0 Å². The van der Waals surface area contributed by atoms with E-state index in [9.17, 15) is 4.39 Å². The summed E-state index contributed by atoms with van der Waals surface area (Å²) in [4.78, 5) is 0. The van der Waals surface area contributed by atoms with Gasteiger partial charge >= 0.3 is 0 Å². The Morgan fingerprint density at radius 1 is 1.42 bits per heavy atom. The van der Waals surface area contributed by atoms with Crippen LogP contribution < -0.4 is 10.5 Å². The van der Waals surface area contributed by atoms with Crippen LogP contribution in [0.2, 0.25) is 0 Å². The first-order valence-electron chi connectivity index (χ1n) is 3.73. The molecule has 0 amide bonds. The molecule has 1 aromatic carbocycles. The van der Waals surface area contributed by atoms with E-state index in [2.05, 4.69) is 0 Å². The van der Waals surface area contributed by atoms with Crippen LogP contribution in [-0.2, 0) is 0 Å². The maximum absolute atomic E-state index is 12.8. The molecule has 1 rings (SSSR count). The molecule has 0 saturated heterocycles. The van der Waals surface area contributed by atoms with Gasteiger partial charge in [-0.3, -0.25) is 0 Å². The minimum Gasteiger partial charge on any atom is -0.497 e. The highest BCUT2D eigenvalue weighted by Gasteiger charge is 2.03. The van der Waals surface area contributed by atoms with Gasteiger partial charge in [0.1, 0.15) is 11.6 Å². The quantitative estimate of drug-likeness (QED) is 0.733. The third kappa shape index (κ3) is 1.95. The molecule has 0 spiro atoms. The van der Waals surface area contributed by atoms with E-state index in [1.54, 1.807) is 13.0 Å². The van der Waals surface area contributed by atoms with E-state index in [0.717, 1.165) is 5.56 Å². The number of hydrogen-bond donors (Lipinski definition) is 1. The van der Waals surface area contributed by atoms with Gasteiger partial charge in [0.15, 0.2) is 0 Å². The van der Waals surface area contributed by atoms with Crippen LogP contribution in [0.25, 0.3) is 0 Å². The predicted molar refractivity (Wildman–Crippen MR) is 45.6 cm³/mol. The molecule has 3 heteroatoms. The SMILES string of the molecule is COc1cc(F)cc(C(C)N)c1. The van der Waals surface area contributed by atoms with Crippen molar-refractivity contribution in [3.63, 3.8) is 0 Å². The molecule has 0 heterocycles. The number of hydrogen-bond acceptors (Lipinski definition) is 2. The standard InChI is InChI=1S/C9H12FNO/c1-6(11)7-3-8(10)5-9(4-7)12-2/h3-6H,11H2,1-2H3. The van der Waals surface area contributed by atoms with Gasteiger partial charge in [0.2, 0.25) is 0 Å². The highest BCUT2D eigenvalue weighted by Crippen LogP contribution is 2.19. The summed E-state index contributed by atoms with van der Waals surface area (Å²) >= 11 is 0. The minimum atomic E-state index is -0.318. The van der Waals surface area contributed by atoms with E-state index < -0.39 is 0 Å². The maximum Gasteiger partial charge on any atom is 0.127 e. The monoisotopic (exact) mass is 169 g/mol. The molecular formula is C9H12FNO. The van der Waals surface area contributed by atoms with Crippen LogP contribution in [0.15, 0.2) is 18.2 Å². The van der Waals surface area contributed by atoms with Crippen molar-refractivity contribution in [1.82, 2.24) is 0 Å². The van der Waals surface area contributed by atoms with Crippen LogP contribution in [0.1, 0.15) is 18.5 Å². The zero-order chi connectivity index (χ0) is 9.14. The lowest BCUT2D eigenvalue weighted by molar-refractivity contribution is 0.410. The van der Waals surface area contributed by atoms with Crippen LogP contribution in [0.4, 0.5) is 4.39 Å². The topological polar surface area (TPSA) is 35.2 Å². The zero-order valence-corrected chi connectivity index (χ0v) is 7.17. The summed E-state index contributed by atoms with van der Waals surface area (Å²) in [5.41, 5.74) is 6.33. The molecular weight excluding hydrogens is 157 g/mol. The fraction of sp³-hybridized carbons (Fsp3) is 0.333. The molecule has 1 aromatic rings. The third-order valence-corrected chi connectivity index (χ3v) is 1.66. The van der Waals surface area contributed by atoms with E-state index in [1.165, 1.54) is 19.2 Å². The average molecular weight is 169 g/mol. The Balaban J connectivity index is 3.06. The molecule has 1 unspecified atom stereocenters. The fourth-order valence-corrected chi connectivity index (χ4v) is 0.965. The van der Waals surface area contributed by atoms with Crippen molar-refractivity contribution >= 4 is 0 Å². The summed E-state index contributed by atoms with van der Waals surface area (Å²) in [6, 6.07) is 4.29. The van der Waals surface area contributed by atoms with Gasteiger partial charge in [-0.1, -0.05) is 0 Å². The summed E-state index contributed by atoms with van der Waals surface area (Å²) in [7, 11) is 1.50. The van der Waals surface area contributed by atoms with Crippen molar-refractivity contribution in [2.45, 2.75) is 13.0 Å². The minimum absolute atomic E-state index is 0.172. The molecule has 2 nitrogen and oxygen atoms in total.